The summed E-state index contributed by atoms with van der Waals surface area (Å²) >= 11 is 0. The molecule has 1 heterocycles. The van der Waals surface area contributed by atoms with Crippen LogP contribution in [0.4, 0.5) is 10.1 Å². The summed E-state index contributed by atoms with van der Waals surface area (Å²) in [6, 6.07) is 13.5. The Morgan fingerprint density at radius 2 is 1.96 bits per heavy atom. The third kappa shape index (κ3) is 4.30. The number of hydrogen-bond acceptors (Lipinski definition) is 4. The molecule has 2 aromatic carbocycles. The molecule has 134 valence electrons. The molecule has 1 fully saturated rings. The maximum absolute atomic E-state index is 14.5. The summed E-state index contributed by atoms with van der Waals surface area (Å²) in [5, 5.41) is 3.44. The fourth-order valence-corrected chi connectivity index (χ4v) is 3.13. The second kappa shape index (κ2) is 8.32. The van der Waals surface area contributed by atoms with Crippen LogP contribution in [-0.2, 0) is 11.3 Å². The standard InChI is InChI=1S/C20H25FN2O2/c1-15(17-5-3-4-6-20(17)24-2)22-14-16-7-8-19(18(21)13-16)23-9-11-25-12-10-23/h3-8,13,15,22H,9-12,14H2,1-2H3. The zero-order chi connectivity index (χ0) is 17.6. The molecule has 1 aliphatic heterocycles. The summed E-state index contributed by atoms with van der Waals surface area (Å²) in [5.41, 5.74) is 2.68. The lowest BCUT2D eigenvalue weighted by atomic mass is 10.1. The monoisotopic (exact) mass is 344 g/mol. The summed E-state index contributed by atoms with van der Waals surface area (Å²) in [6.07, 6.45) is 0. The van der Waals surface area contributed by atoms with E-state index in [-0.39, 0.29) is 11.9 Å². The number of morpholine rings is 1. The lowest BCUT2D eigenvalue weighted by molar-refractivity contribution is 0.122. The van der Waals surface area contributed by atoms with E-state index in [1.807, 2.05) is 41.3 Å². The fraction of sp³-hybridized carbons (Fsp3) is 0.400. The third-order valence-corrected chi connectivity index (χ3v) is 4.58. The van der Waals surface area contributed by atoms with E-state index in [0.29, 0.717) is 25.4 Å². The maximum Gasteiger partial charge on any atom is 0.146 e. The van der Waals surface area contributed by atoms with Crippen molar-refractivity contribution in [3.8, 4) is 5.75 Å². The SMILES string of the molecule is COc1ccccc1C(C)NCc1ccc(N2CCOCC2)c(F)c1. The van der Waals surface area contributed by atoms with Crippen molar-refractivity contribution < 1.29 is 13.9 Å². The first-order valence-corrected chi connectivity index (χ1v) is 8.66. The van der Waals surface area contributed by atoms with Crippen LogP contribution < -0.4 is 15.0 Å². The van der Waals surface area contributed by atoms with Crippen LogP contribution in [0.3, 0.4) is 0 Å². The molecular formula is C20H25FN2O2. The Morgan fingerprint density at radius 3 is 2.68 bits per heavy atom. The van der Waals surface area contributed by atoms with Crippen LogP contribution in [0.2, 0.25) is 0 Å². The summed E-state index contributed by atoms with van der Waals surface area (Å²) in [4.78, 5) is 2.04. The van der Waals surface area contributed by atoms with Gasteiger partial charge in [-0.25, -0.2) is 4.39 Å². The summed E-state index contributed by atoms with van der Waals surface area (Å²) in [7, 11) is 1.67. The lowest BCUT2D eigenvalue weighted by Gasteiger charge is -2.29. The van der Waals surface area contributed by atoms with Gasteiger partial charge in [0, 0.05) is 31.2 Å². The Kier molecular flexibility index (Phi) is 5.89. The van der Waals surface area contributed by atoms with Gasteiger partial charge in [0.05, 0.1) is 26.0 Å². The number of rotatable bonds is 6. The van der Waals surface area contributed by atoms with E-state index in [1.54, 1.807) is 13.2 Å². The van der Waals surface area contributed by atoms with Gasteiger partial charge in [0.15, 0.2) is 0 Å². The van der Waals surface area contributed by atoms with Crippen molar-refractivity contribution in [2.24, 2.45) is 0 Å². The van der Waals surface area contributed by atoms with Gasteiger partial charge in [-0.1, -0.05) is 24.3 Å². The Balaban J connectivity index is 1.64. The van der Waals surface area contributed by atoms with Gasteiger partial charge in [0.1, 0.15) is 11.6 Å². The first kappa shape index (κ1) is 17.7. The summed E-state index contributed by atoms with van der Waals surface area (Å²) in [5.74, 6) is 0.683. The van der Waals surface area contributed by atoms with Crippen molar-refractivity contribution in [3.63, 3.8) is 0 Å². The van der Waals surface area contributed by atoms with Crippen molar-refractivity contribution in [1.82, 2.24) is 5.32 Å². The zero-order valence-electron chi connectivity index (χ0n) is 14.8. The van der Waals surface area contributed by atoms with Gasteiger partial charge >= 0.3 is 0 Å². The summed E-state index contributed by atoms with van der Waals surface area (Å²) in [6.45, 7) is 5.45. The van der Waals surface area contributed by atoms with Crippen LogP contribution in [0, 0.1) is 5.82 Å². The van der Waals surface area contributed by atoms with Gasteiger partial charge in [0.2, 0.25) is 0 Å². The molecule has 1 N–H and O–H groups in total. The van der Waals surface area contributed by atoms with Crippen LogP contribution in [0.1, 0.15) is 24.1 Å². The van der Waals surface area contributed by atoms with Crippen molar-refractivity contribution in [2.75, 3.05) is 38.3 Å². The average molecular weight is 344 g/mol. The Labute approximate surface area is 148 Å². The second-order valence-electron chi connectivity index (χ2n) is 6.23. The first-order valence-electron chi connectivity index (χ1n) is 8.66. The zero-order valence-corrected chi connectivity index (χ0v) is 14.8. The van der Waals surface area contributed by atoms with Crippen molar-refractivity contribution in [2.45, 2.75) is 19.5 Å². The lowest BCUT2D eigenvalue weighted by Crippen LogP contribution is -2.36. The summed E-state index contributed by atoms with van der Waals surface area (Å²) < 4.78 is 25.2. The predicted molar refractivity (Wildman–Crippen MR) is 97.7 cm³/mol. The highest BCUT2D eigenvalue weighted by molar-refractivity contribution is 5.49. The number of nitrogens with zero attached hydrogens (tertiary/aromatic N) is 1. The van der Waals surface area contributed by atoms with E-state index in [9.17, 15) is 4.39 Å². The van der Waals surface area contributed by atoms with Crippen LogP contribution in [-0.4, -0.2) is 33.4 Å². The molecule has 0 spiro atoms. The van der Waals surface area contributed by atoms with Gasteiger partial charge in [-0.2, -0.15) is 0 Å². The maximum atomic E-state index is 14.5. The average Bonchev–Trinajstić information content (AvgIpc) is 2.66. The number of nitrogens with one attached hydrogen (secondary N) is 1. The molecule has 0 aliphatic carbocycles. The molecule has 0 aromatic heterocycles. The van der Waals surface area contributed by atoms with Gasteiger partial charge in [-0.3, -0.25) is 0 Å². The minimum absolute atomic E-state index is 0.109. The van der Waals surface area contributed by atoms with E-state index in [0.717, 1.165) is 30.0 Å². The van der Waals surface area contributed by atoms with Crippen LogP contribution in [0.5, 0.6) is 5.75 Å². The number of halogens is 1. The van der Waals surface area contributed by atoms with Gasteiger partial charge in [-0.05, 0) is 30.7 Å². The minimum Gasteiger partial charge on any atom is -0.496 e. The van der Waals surface area contributed by atoms with E-state index in [1.165, 1.54) is 0 Å². The molecule has 25 heavy (non-hydrogen) atoms. The van der Waals surface area contributed by atoms with Crippen LogP contribution >= 0.6 is 0 Å². The molecule has 0 radical (unpaired) electrons. The van der Waals surface area contributed by atoms with E-state index in [2.05, 4.69) is 12.2 Å². The molecule has 1 unspecified atom stereocenters. The molecule has 0 bridgehead atoms. The number of anilines is 1. The van der Waals surface area contributed by atoms with Gasteiger partial charge < -0.3 is 19.7 Å². The van der Waals surface area contributed by atoms with E-state index in [4.69, 9.17) is 9.47 Å². The number of benzene rings is 2. The highest BCUT2D eigenvalue weighted by atomic mass is 19.1. The molecule has 1 saturated heterocycles. The quantitative estimate of drug-likeness (QED) is 0.869. The minimum atomic E-state index is -0.175. The Bertz CT molecular complexity index is 702. The third-order valence-electron chi connectivity index (χ3n) is 4.58. The molecule has 5 heteroatoms. The number of hydrogen-bond donors (Lipinski definition) is 1. The fourth-order valence-electron chi connectivity index (χ4n) is 3.13. The highest BCUT2D eigenvalue weighted by Gasteiger charge is 2.16. The molecule has 4 nitrogen and oxygen atoms in total. The molecule has 0 saturated carbocycles. The normalized spacial score (nSPS) is 15.9. The number of methoxy groups -OCH3 is 1. The van der Waals surface area contributed by atoms with E-state index >= 15 is 0 Å². The molecule has 0 amide bonds. The smallest absolute Gasteiger partial charge is 0.146 e. The number of ether oxygens (including phenoxy) is 2. The predicted octanol–water partition coefficient (Wildman–Crippen LogP) is 3.52. The first-order chi connectivity index (χ1) is 12.2. The molecule has 2 aromatic rings. The second-order valence-corrected chi connectivity index (χ2v) is 6.23. The topological polar surface area (TPSA) is 33.7 Å². The van der Waals surface area contributed by atoms with Crippen molar-refractivity contribution in [1.29, 1.82) is 0 Å². The molecular weight excluding hydrogens is 319 g/mol. The Morgan fingerprint density at radius 1 is 1.20 bits per heavy atom. The largest absolute Gasteiger partial charge is 0.496 e. The van der Waals surface area contributed by atoms with E-state index < -0.39 is 0 Å². The molecule has 3 rings (SSSR count). The highest BCUT2D eigenvalue weighted by Crippen LogP contribution is 2.25. The molecule has 1 atom stereocenters. The number of para-hydroxylation sites is 1. The van der Waals surface area contributed by atoms with Crippen LogP contribution in [0.25, 0.3) is 0 Å². The van der Waals surface area contributed by atoms with Crippen molar-refractivity contribution >= 4 is 5.69 Å². The van der Waals surface area contributed by atoms with Crippen LogP contribution in [0.15, 0.2) is 42.5 Å². The van der Waals surface area contributed by atoms with Crippen molar-refractivity contribution in [3.05, 3.63) is 59.4 Å². The Hall–Kier alpha value is -2.11. The molecule has 1 aliphatic rings. The van der Waals surface area contributed by atoms with Gasteiger partial charge in [0.25, 0.3) is 0 Å². The van der Waals surface area contributed by atoms with Gasteiger partial charge in [-0.15, -0.1) is 0 Å².